The maximum Gasteiger partial charge on any atom is 0.243 e. The Morgan fingerprint density at radius 3 is 2.35 bits per heavy atom. The van der Waals surface area contributed by atoms with Crippen molar-refractivity contribution >= 4 is 10.0 Å². The van der Waals surface area contributed by atoms with E-state index >= 15 is 0 Å². The molecular formula is C12H18N2O2S. The highest BCUT2D eigenvalue weighted by atomic mass is 32.2. The summed E-state index contributed by atoms with van der Waals surface area (Å²) in [5.74, 6) is 0. The molecule has 1 fully saturated rings. The van der Waals surface area contributed by atoms with E-state index in [0.29, 0.717) is 11.4 Å². The number of nitrogens with two attached hydrogens (primary N) is 1. The molecule has 5 heteroatoms. The Morgan fingerprint density at radius 2 is 1.88 bits per heavy atom. The largest absolute Gasteiger partial charge is 0.326 e. The first-order valence-electron chi connectivity index (χ1n) is 5.75. The molecule has 0 amide bonds. The summed E-state index contributed by atoms with van der Waals surface area (Å²) in [5, 5.41) is 0. The quantitative estimate of drug-likeness (QED) is 0.859. The van der Waals surface area contributed by atoms with E-state index in [0.717, 1.165) is 12.0 Å². The third-order valence-corrected chi connectivity index (χ3v) is 5.17. The molecule has 17 heavy (non-hydrogen) atoms. The second kappa shape index (κ2) is 4.40. The average molecular weight is 254 g/mol. The predicted molar refractivity (Wildman–Crippen MR) is 67.1 cm³/mol. The molecule has 1 heterocycles. The molecule has 0 spiro atoms. The van der Waals surface area contributed by atoms with Crippen molar-refractivity contribution in [3.8, 4) is 0 Å². The third-order valence-electron chi connectivity index (χ3n) is 3.18. The fourth-order valence-electron chi connectivity index (χ4n) is 2.22. The first-order valence-corrected chi connectivity index (χ1v) is 7.19. The first-order chi connectivity index (χ1) is 7.91. The molecule has 0 unspecified atom stereocenters. The minimum Gasteiger partial charge on any atom is -0.326 e. The molecule has 1 aliphatic heterocycles. The van der Waals surface area contributed by atoms with E-state index in [4.69, 9.17) is 5.73 Å². The Bertz CT molecular complexity index is 496. The number of rotatable bonds is 2. The Kier molecular flexibility index (Phi) is 3.25. The van der Waals surface area contributed by atoms with Gasteiger partial charge in [-0.15, -0.1) is 0 Å². The number of hydrogen-bond acceptors (Lipinski definition) is 3. The Morgan fingerprint density at radius 1 is 1.29 bits per heavy atom. The Hall–Kier alpha value is -0.910. The van der Waals surface area contributed by atoms with Gasteiger partial charge in [0.1, 0.15) is 0 Å². The maximum atomic E-state index is 12.4. The van der Waals surface area contributed by atoms with Crippen LogP contribution in [0, 0.1) is 6.92 Å². The molecule has 0 bridgehead atoms. The zero-order chi connectivity index (χ0) is 12.6. The average Bonchev–Trinajstić information content (AvgIpc) is 2.59. The summed E-state index contributed by atoms with van der Waals surface area (Å²) in [7, 11) is -3.38. The summed E-state index contributed by atoms with van der Waals surface area (Å²) in [5.41, 5.74) is 6.86. The van der Waals surface area contributed by atoms with E-state index in [1.807, 2.05) is 26.0 Å². The highest BCUT2D eigenvalue weighted by molar-refractivity contribution is 7.89. The first kappa shape index (κ1) is 12.5. The van der Waals surface area contributed by atoms with Crippen LogP contribution in [-0.4, -0.2) is 31.4 Å². The third kappa shape index (κ3) is 2.36. The number of aryl methyl sites for hydroxylation is 1. The van der Waals surface area contributed by atoms with Gasteiger partial charge in [-0.05, 0) is 32.4 Å². The van der Waals surface area contributed by atoms with Crippen LogP contribution in [0.4, 0.5) is 0 Å². The number of nitrogens with zero attached hydrogens (tertiary/aromatic N) is 1. The van der Waals surface area contributed by atoms with Crippen molar-refractivity contribution < 1.29 is 8.42 Å². The van der Waals surface area contributed by atoms with Crippen molar-refractivity contribution in [1.82, 2.24) is 4.31 Å². The fourth-order valence-corrected chi connectivity index (χ4v) is 3.92. The van der Waals surface area contributed by atoms with Crippen LogP contribution < -0.4 is 5.73 Å². The number of sulfonamides is 1. The van der Waals surface area contributed by atoms with Crippen molar-refractivity contribution in [3.63, 3.8) is 0 Å². The fraction of sp³-hybridized carbons (Fsp3) is 0.500. The lowest BCUT2D eigenvalue weighted by Gasteiger charge is -2.20. The minimum absolute atomic E-state index is 0.0173. The zero-order valence-electron chi connectivity index (χ0n) is 10.1. The number of hydrogen-bond donors (Lipinski definition) is 1. The van der Waals surface area contributed by atoms with Crippen molar-refractivity contribution in [3.05, 3.63) is 29.8 Å². The molecule has 2 N–H and O–H groups in total. The normalized spacial score (nSPS) is 26.3. The molecule has 1 aliphatic rings. The minimum atomic E-state index is -3.38. The molecule has 2 rings (SSSR count). The van der Waals surface area contributed by atoms with Crippen molar-refractivity contribution in [2.75, 3.05) is 6.54 Å². The molecule has 0 aromatic heterocycles. The van der Waals surface area contributed by atoms with E-state index in [-0.39, 0.29) is 12.1 Å². The van der Waals surface area contributed by atoms with E-state index in [1.54, 1.807) is 12.1 Å². The van der Waals surface area contributed by atoms with Crippen LogP contribution in [0.1, 0.15) is 18.9 Å². The summed E-state index contributed by atoms with van der Waals surface area (Å²) < 4.78 is 26.2. The van der Waals surface area contributed by atoms with Crippen LogP contribution in [0.5, 0.6) is 0 Å². The highest BCUT2D eigenvalue weighted by Gasteiger charge is 2.36. The predicted octanol–water partition coefficient (Wildman–Crippen LogP) is 1.11. The van der Waals surface area contributed by atoms with Crippen molar-refractivity contribution in [2.45, 2.75) is 37.2 Å². The van der Waals surface area contributed by atoms with Gasteiger partial charge in [0.2, 0.25) is 10.0 Å². The zero-order valence-corrected chi connectivity index (χ0v) is 10.9. The van der Waals surface area contributed by atoms with E-state index < -0.39 is 10.0 Å². The van der Waals surface area contributed by atoms with Crippen molar-refractivity contribution in [2.24, 2.45) is 5.73 Å². The van der Waals surface area contributed by atoms with Gasteiger partial charge in [0.15, 0.2) is 0 Å². The van der Waals surface area contributed by atoms with Crippen LogP contribution in [0.3, 0.4) is 0 Å². The van der Waals surface area contributed by atoms with Crippen LogP contribution >= 0.6 is 0 Å². The van der Waals surface area contributed by atoms with Gasteiger partial charge in [-0.25, -0.2) is 8.42 Å². The lowest BCUT2D eigenvalue weighted by molar-refractivity contribution is 0.407. The lowest BCUT2D eigenvalue weighted by atomic mass is 10.2. The van der Waals surface area contributed by atoms with Crippen molar-refractivity contribution in [1.29, 1.82) is 0 Å². The molecule has 1 saturated heterocycles. The molecule has 1 aromatic carbocycles. The summed E-state index contributed by atoms with van der Waals surface area (Å²) >= 11 is 0. The Balaban J connectivity index is 2.33. The summed E-state index contributed by atoms with van der Waals surface area (Å²) in [6, 6.07) is 6.87. The molecule has 4 nitrogen and oxygen atoms in total. The van der Waals surface area contributed by atoms with Gasteiger partial charge in [-0.2, -0.15) is 4.31 Å². The molecular weight excluding hydrogens is 236 g/mol. The van der Waals surface area contributed by atoms with Gasteiger partial charge in [0, 0.05) is 18.6 Å². The van der Waals surface area contributed by atoms with Crippen LogP contribution in [0.25, 0.3) is 0 Å². The number of benzene rings is 1. The van der Waals surface area contributed by atoms with E-state index in [1.165, 1.54) is 4.31 Å². The molecule has 0 aliphatic carbocycles. The van der Waals surface area contributed by atoms with Crippen LogP contribution in [0.15, 0.2) is 29.2 Å². The standard InChI is InChI=1S/C12H18N2O2S/c1-9-3-5-12(6-4-9)17(15,16)14-8-11(13)7-10(14)2/h3-6,10-11H,7-8,13H2,1-2H3/t10-,11+/m1/s1. The molecule has 94 valence electrons. The summed E-state index contributed by atoms with van der Waals surface area (Å²) in [4.78, 5) is 0.351. The lowest BCUT2D eigenvalue weighted by Crippen LogP contribution is -2.35. The van der Waals surface area contributed by atoms with Crippen LogP contribution in [0.2, 0.25) is 0 Å². The topological polar surface area (TPSA) is 63.4 Å². The van der Waals surface area contributed by atoms with Gasteiger partial charge in [0.05, 0.1) is 4.90 Å². The highest BCUT2D eigenvalue weighted by Crippen LogP contribution is 2.25. The van der Waals surface area contributed by atoms with E-state index in [9.17, 15) is 8.42 Å². The van der Waals surface area contributed by atoms with Gasteiger partial charge < -0.3 is 5.73 Å². The smallest absolute Gasteiger partial charge is 0.243 e. The summed E-state index contributed by atoms with van der Waals surface area (Å²) in [6.07, 6.45) is 0.727. The summed E-state index contributed by atoms with van der Waals surface area (Å²) in [6.45, 7) is 4.25. The van der Waals surface area contributed by atoms with Gasteiger partial charge in [0.25, 0.3) is 0 Å². The molecule has 1 aromatic rings. The van der Waals surface area contributed by atoms with E-state index in [2.05, 4.69) is 0 Å². The second-order valence-electron chi connectivity index (χ2n) is 4.73. The monoisotopic (exact) mass is 254 g/mol. The van der Waals surface area contributed by atoms with Crippen LogP contribution in [-0.2, 0) is 10.0 Å². The van der Waals surface area contributed by atoms with Gasteiger partial charge >= 0.3 is 0 Å². The maximum absolute atomic E-state index is 12.4. The SMILES string of the molecule is Cc1ccc(S(=O)(=O)N2C[C@@H](N)C[C@H]2C)cc1. The Labute approximate surface area is 102 Å². The van der Waals surface area contributed by atoms with Gasteiger partial charge in [-0.1, -0.05) is 17.7 Å². The molecule has 0 radical (unpaired) electrons. The second-order valence-corrected chi connectivity index (χ2v) is 6.62. The molecule has 0 saturated carbocycles. The molecule has 2 atom stereocenters. The van der Waals surface area contributed by atoms with Gasteiger partial charge in [-0.3, -0.25) is 0 Å².